The van der Waals surface area contributed by atoms with Crippen LogP contribution in [0.4, 0.5) is 0 Å². The molecule has 0 aromatic heterocycles. The van der Waals surface area contributed by atoms with Gasteiger partial charge in [-0.05, 0) is 259 Å². The maximum Gasteiger partial charge on any atom is 0.0714 e. The first kappa shape index (κ1) is 57.5. The Morgan fingerprint density at radius 1 is 0.189 bits per heavy atom. The number of aryl methyl sites for hydroxylation is 4. The maximum atomic E-state index is 2.65. The van der Waals surface area contributed by atoms with Crippen LogP contribution in [-0.2, 0) is 27.1 Å². The van der Waals surface area contributed by atoms with E-state index in [1.165, 1.54) is 200 Å². The third-order valence-electron chi connectivity index (χ3n) is 23.7. The Morgan fingerprint density at radius 2 is 0.453 bits per heavy atom. The Labute approximate surface area is 561 Å². The Hall–Kier alpha value is -10.1. The number of hydrogen-bond donors (Lipinski definition) is 0. The lowest BCUT2D eigenvalue weighted by Gasteiger charge is -2.36. The molecule has 458 valence electrons. The fourth-order valence-electron chi connectivity index (χ4n) is 19.5. The van der Waals surface area contributed by atoms with Gasteiger partial charge in [-0.25, -0.2) is 0 Å². The monoisotopic (exact) mass is 1220 g/mol. The van der Waals surface area contributed by atoms with Crippen LogP contribution in [0.1, 0.15) is 144 Å². The second kappa shape index (κ2) is 20.0. The van der Waals surface area contributed by atoms with E-state index in [4.69, 9.17) is 0 Å². The van der Waals surface area contributed by atoms with Gasteiger partial charge in [0.05, 0.1) is 5.41 Å². The van der Waals surface area contributed by atoms with Gasteiger partial charge >= 0.3 is 0 Å². The molecule has 95 heavy (non-hydrogen) atoms. The van der Waals surface area contributed by atoms with E-state index < -0.39 is 5.41 Å². The third kappa shape index (κ3) is 7.72. The van der Waals surface area contributed by atoms with Gasteiger partial charge in [-0.15, -0.1) is 0 Å². The summed E-state index contributed by atoms with van der Waals surface area (Å²) in [4.78, 5) is 0. The standard InChI is InChI=1S/C95H78/c1-55-47-57(3)84(58(4)48-55)73-36-26-46-83-90(73)85-56(2)27-21-45-82(85)95(83,63-51-59(65-32-22-41-78-86(65)69-28-13-17-37-74(69)91(78,5)6)49-60(52-63)66-33-23-42-79-87(66)70-29-14-18-38-75(70)92(79,7)8)64-53-61(67-34-24-43-80-88(67)71-30-15-19-39-76(71)93(80,9)10)50-62(54-64)68-35-25-44-81-89(68)72-31-16-20-40-77(72)94(81,11)12/h13-54H,1-12H3. The second-order valence-corrected chi connectivity index (χ2v) is 30.4. The molecular formula is C95H78. The molecule has 0 saturated carbocycles. The maximum absolute atomic E-state index is 2.65. The van der Waals surface area contributed by atoms with Crippen LogP contribution in [0.5, 0.6) is 0 Å². The summed E-state index contributed by atoms with van der Waals surface area (Å²) in [6.07, 6.45) is 0. The minimum atomic E-state index is -0.900. The van der Waals surface area contributed by atoms with Gasteiger partial charge in [0.25, 0.3) is 0 Å². The minimum Gasteiger partial charge on any atom is -0.0619 e. The molecule has 0 spiro atoms. The fourth-order valence-corrected chi connectivity index (χ4v) is 19.5. The van der Waals surface area contributed by atoms with Gasteiger partial charge in [0.15, 0.2) is 0 Å². The fraction of sp³-hybridized carbons (Fsp3) is 0.179. The van der Waals surface area contributed by atoms with Gasteiger partial charge in [-0.2, -0.15) is 0 Å². The molecule has 18 rings (SSSR count). The molecule has 0 amide bonds. The van der Waals surface area contributed by atoms with Crippen molar-refractivity contribution in [2.75, 3.05) is 0 Å². The quantitative estimate of drug-likeness (QED) is 0.149. The molecular weight excluding hydrogens is 1140 g/mol. The SMILES string of the molecule is Cc1cc(C)c(-c2cccc3c2-c2c(C)cccc2C3(c2cc(-c3cccc4c3-c3ccccc3C4(C)C)cc(-c3cccc4c3-c3ccccc3C4(C)C)c2)c2cc(-c3cccc4c3-c3ccccc3C4(C)C)cc(-c3cccc4c3-c3ccccc3C4(C)C)c2)c(C)c1. The minimum absolute atomic E-state index is 0.194. The van der Waals surface area contributed by atoms with Crippen molar-refractivity contribution in [2.24, 2.45) is 0 Å². The summed E-state index contributed by atoms with van der Waals surface area (Å²) in [7, 11) is 0. The molecule has 5 aliphatic rings. The van der Waals surface area contributed by atoms with Gasteiger partial charge in [0.1, 0.15) is 0 Å². The summed E-state index contributed by atoms with van der Waals surface area (Å²) in [6, 6.07) is 100. The first-order valence-corrected chi connectivity index (χ1v) is 34.4. The van der Waals surface area contributed by atoms with Crippen LogP contribution < -0.4 is 0 Å². The highest BCUT2D eigenvalue weighted by molar-refractivity contribution is 6.03. The van der Waals surface area contributed by atoms with Crippen LogP contribution in [0, 0.1) is 27.7 Å². The summed E-state index contributed by atoms with van der Waals surface area (Å²) in [6.45, 7) is 28.6. The molecule has 0 bridgehead atoms. The first-order valence-electron chi connectivity index (χ1n) is 34.4. The van der Waals surface area contributed by atoms with Crippen LogP contribution in [-0.4, -0.2) is 0 Å². The van der Waals surface area contributed by atoms with E-state index in [2.05, 4.69) is 338 Å². The highest BCUT2D eigenvalue weighted by atomic mass is 14.5. The molecule has 0 heteroatoms. The molecule has 0 radical (unpaired) electrons. The Balaban J connectivity index is 1.04. The van der Waals surface area contributed by atoms with Gasteiger partial charge in [0, 0.05) is 21.7 Å². The summed E-state index contributed by atoms with van der Waals surface area (Å²) in [5.74, 6) is 0. The van der Waals surface area contributed by atoms with E-state index in [-0.39, 0.29) is 21.7 Å². The lowest BCUT2D eigenvalue weighted by atomic mass is 9.65. The summed E-state index contributed by atoms with van der Waals surface area (Å²) in [5, 5.41) is 0. The molecule has 0 fully saturated rings. The molecule has 0 N–H and O–H groups in total. The van der Waals surface area contributed by atoms with Crippen molar-refractivity contribution >= 4 is 0 Å². The van der Waals surface area contributed by atoms with Crippen LogP contribution >= 0.6 is 0 Å². The third-order valence-corrected chi connectivity index (χ3v) is 23.7. The van der Waals surface area contributed by atoms with E-state index in [1.54, 1.807) is 0 Å². The molecule has 13 aromatic carbocycles. The lowest BCUT2D eigenvalue weighted by molar-refractivity contribution is 0.660. The Bertz CT molecular complexity index is 4990. The van der Waals surface area contributed by atoms with Crippen molar-refractivity contribution in [2.45, 2.75) is 110 Å². The lowest BCUT2D eigenvalue weighted by Crippen LogP contribution is -2.29. The largest absolute Gasteiger partial charge is 0.0714 e. The van der Waals surface area contributed by atoms with Crippen LogP contribution in [0.2, 0.25) is 0 Å². The molecule has 0 aliphatic heterocycles. The zero-order chi connectivity index (χ0) is 65.0. The zero-order valence-corrected chi connectivity index (χ0v) is 56.7. The van der Waals surface area contributed by atoms with E-state index in [0.29, 0.717) is 0 Å². The molecule has 0 unspecified atom stereocenters. The number of rotatable bonds is 7. The summed E-state index contributed by atoms with van der Waals surface area (Å²) >= 11 is 0. The predicted octanol–water partition coefficient (Wildman–Crippen LogP) is 24.8. The van der Waals surface area contributed by atoms with Crippen molar-refractivity contribution in [1.82, 2.24) is 0 Å². The van der Waals surface area contributed by atoms with Crippen molar-refractivity contribution < 1.29 is 0 Å². The average Bonchev–Trinajstić information content (AvgIpc) is 1.55. The number of fused-ring (bicyclic) bond motifs is 15. The van der Waals surface area contributed by atoms with E-state index in [1.807, 2.05) is 0 Å². The second-order valence-electron chi connectivity index (χ2n) is 30.4. The molecule has 5 aliphatic carbocycles. The molecule has 0 saturated heterocycles. The van der Waals surface area contributed by atoms with Crippen molar-refractivity contribution in [3.8, 4) is 111 Å². The van der Waals surface area contributed by atoms with Crippen LogP contribution in [0.25, 0.3) is 111 Å². The van der Waals surface area contributed by atoms with Crippen molar-refractivity contribution in [3.05, 3.63) is 344 Å². The zero-order valence-electron chi connectivity index (χ0n) is 56.7. The van der Waals surface area contributed by atoms with Gasteiger partial charge in [-0.1, -0.05) is 279 Å². The topological polar surface area (TPSA) is 0 Å². The predicted molar refractivity (Wildman–Crippen MR) is 400 cm³/mol. The van der Waals surface area contributed by atoms with E-state index >= 15 is 0 Å². The summed E-state index contributed by atoms with van der Waals surface area (Å²) < 4.78 is 0. The Morgan fingerprint density at radius 3 is 0.789 bits per heavy atom. The highest BCUT2D eigenvalue weighted by Crippen LogP contribution is 2.64. The smallest absolute Gasteiger partial charge is 0.0619 e. The molecule has 0 atom stereocenters. The van der Waals surface area contributed by atoms with Crippen LogP contribution in [0.3, 0.4) is 0 Å². The molecule has 13 aromatic rings. The number of benzene rings is 13. The van der Waals surface area contributed by atoms with E-state index in [9.17, 15) is 0 Å². The van der Waals surface area contributed by atoms with Crippen molar-refractivity contribution in [3.63, 3.8) is 0 Å². The average molecular weight is 1220 g/mol. The number of hydrogen-bond acceptors (Lipinski definition) is 0. The Kier molecular flexibility index (Phi) is 12.1. The highest BCUT2D eigenvalue weighted by Gasteiger charge is 2.50. The summed E-state index contributed by atoms with van der Waals surface area (Å²) in [5.41, 5.74) is 45.2. The molecule has 0 nitrogen and oxygen atoms in total. The molecule has 0 heterocycles. The van der Waals surface area contributed by atoms with Crippen LogP contribution in [0.15, 0.2) is 255 Å². The van der Waals surface area contributed by atoms with Crippen molar-refractivity contribution in [1.29, 1.82) is 0 Å². The first-order chi connectivity index (χ1) is 45.8. The normalized spacial score (nSPS) is 15.8. The van der Waals surface area contributed by atoms with Gasteiger partial charge < -0.3 is 0 Å². The van der Waals surface area contributed by atoms with Gasteiger partial charge in [-0.3, -0.25) is 0 Å². The van der Waals surface area contributed by atoms with E-state index in [0.717, 1.165) is 0 Å². The van der Waals surface area contributed by atoms with Gasteiger partial charge in [0.2, 0.25) is 0 Å².